The number of halogens is 4. The summed E-state index contributed by atoms with van der Waals surface area (Å²) >= 11 is 6.70. The quantitative estimate of drug-likeness (QED) is 0.164. The summed E-state index contributed by atoms with van der Waals surface area (Å²) in [5.74, 6) is -2.79. The fraction of sp³-hybridized carbons (Fsp3) is 0.0645. The van der Waals surface area contributed by atoms with E-state index in [-0.39, 0.29) is 22.0 Å². The SMILES string of the molecule is BC(Nc1cc(Cl)c2ncc(C#N)c(Nc3cnc(F)c(F)c3)c2c1)(c1ccc(F)cc1)c1cn(Cc2ccccc2)nn1. The van der Waals surface area contributed by atoms with E-state index < -0.39 is 23.0 Å². The van der Waals surface area contributed by atoms with Crippen LogP contribution in [0.25, 0.3) is 10.9 Å². The Morgan fingerprint density at radius 1 is 0.955 bits per heavy atom. The lowest BCUT2D eigenvalue weighted by molar-refractivity contribution is 0.480. The first kappa shape index (κ1) is 28.7. The van der Waals surface area contributed by atoms with Crippen LogP contribution < -0.4 is 10.6 Å². The molecule has 13 heteroatoms. The number of nitrogens with zero attached hydrogens (tertiary/aromatic N) is 6. The van der Waals surface area contributed by atoms with Crippen molar-refractivity contribution in [1.82, 2.24) is 25.0 Å². The van der Waals surface area contributed by atoms with Crippen molar-refractivity contribution in [2.24, 2.45) is 0 Å². The molecule has 1 atom stereocenters. The lowest BCUT2D eigenvalue weighted by Crippen LogP contribution is -2.37. The topological polar surface area (TPSA) is 104 Å². The van der Waals surface area contributed by atoms with Gasteiger partial charge in [0.2, 0.25) is 5.95 Å². The third kappa shape index (κ3) is 5.65. The summed E-state index contributed by atoms with van der Waals surface area (Å²) in [7, 11) is 1.88. The Morgan fingerprint density at radius 2 is 1.73 bits per heavy atom. The first-order valence-corrected chi connectivity index (χ1v) is 13.7. The number of rotatable bonds is 8. The van der Waals surface area contributed by atoms with Crippen LogP contribution in [0.2, 0.25) is 5.02 Å². The number of nitrogens with one attached hydrogen (secondary N) is 2. The second kappa shape index (κ2) is 11.7. The predicted molar refractivity (Wildman–Crippen MR) is 164 cm³/mol. The van der Waals surface area contributed by atoms with Crippen LogP contribution in [-0.4, -0.2) is 32.8 Å². The van der Waals surface area contributed by atoms with Gasteiger partial charge in [-0.25, -0.2) is 18.4 Å². The van der Waals surface area contributed by atoms with Gasteiger partial charge in [-0.1, -0.05) is 59.3 Å². The molecule has 0 aliphatic heterocycles. The molecule has 0 saturated carbocycles. The number of hydrogen-bond donors (Lipinski definition) is 2. The molecule has 0 saturated heterocycles. The molecule has 6 aromatic rings. The Balaban J connectivity index is 1.44. The molecule has 3 heterocycles. The maximum absolute atomic E-state index is 14.0. The van der Waals surface area contributed by atoms with Crippen LogP contribution in [0.15, 0.2) is 91.4 Å². The molecule has 2 N–H and O–H groups in total. The number of anilines is 3. The number of benzene rings is 3. The van der Waals surface area contributed by atoms with Crippen molar-refractivity contribution in [2.45, 2.75) is 12.0 Å². The van der Waals surface area contributed by atoms with Gasteiger partial charge >= 0.3 is 0 Å². The minimum atomic E-state index is -1.24. The summed E-state index contributed by atoms with van der Waals surface area (Å²) in [6.45, 7) is 0.492. The summed E-state index contributed by atoms with van der Waals surface area (Å²) in [5.41, 5.74) is 2.66. The monoisotopic (exact) mass is 608 g/mol. The van der Waals surface area contributed by atoms with E-state index in [1.165, 1.54) is 18.3 Å². The van der Waals surface area contributed by atoms with Crippen molar-refractivity contribution in [3.05, 3.63) is 136 Å². The number of nitriles is 1. The van der Waals surface area contributed by atoms with Crippen molar-refractivity contribution in [1.29, 1.82) is 5.26 Å². The summed E-state index contributed by atoms with van der Waals surface area (Å²) in [6, 6.07) is 22.2. The van der Waals surface area contributed by atoms with Crippen molar-refractivity contribution < 1.29 is 13.2 Å². The highest BCUT2D eigenvalue weighted by Gasteiger charge is 2.32. The maximum Gasteiger partial charge on any atom is 0.249 e. The molecule has 0 aliphatic carbocycles. The van der Waals surface area contributed by atoms with Crippen LogP contribution in [0.5, 0.6) is 0 Å². The largest absolute Gasteiger partial charge is 0.378 e. The van der Waals surface area contributed by atoms with Crippen LogP contribution in [0.1, 0.15) is 22.4 Å². The van der Waals surface area contributed by atoms with Gasteiger partial charge in [-0.2, -0.15) is 9.65 Å². The first-order valence-electron chi connectivity index (χ1n) is 13.3. The summed E-state index contributed by atoms with van der Waals surface area (Å²) < 4.78 is 43.1. The molecule has 216 valence electrons. The standard InChI is InChI=1S/C31H21BClF3N8/c32-31(20-6-8-21(34)9-7-20,27-17-44(43-42-27)16-18-4-2-1-3-5-18)41-22-10-24-28(40-23-12-26(35)30(36)39-15-23)19(13-37)14-38-29(24)25(33)11-22/h1-12,14-15,17,41H,16,32H2,(H,38,40). The van der Waals surface area contributed by atoms with Crippen molar-refractivity contribution >= 4 is 47.4 Å². The molecule has 0 aliphatic rings. The Morgan fingerprint density at radius 3 is 2.45 bits per heavy atom. The molecule has 0 amide bonds. The van der Waals surface area contributed by atoms with Crippen molar-refractivity contribution in [3.63, 3.8) is 0 Å². The van der Waals surface area contributed by atoms with E-state index in [0.717, 1.165) is 17.8 Å². The van der Waals surface area contributed by atoms with Crippen molar-refractivity contribution in [2.75, 3.05) is 10.6 Å². The van der Waals surface area contributed by atoms with E-state index in [4.69, 9.17) is 11.6 Å². The van der Waals surface area contributed by atoms with Crippen LogP contribution in [0.3, 0.4) is 0 Å². The van der Waals surface area contributed by atoms with Gasteiger partial charge in [0.15, 0.2) is 5.82 Å². The molecule has 44 heavy (non-hydrogen) atoms. The Hall–Kier alpha value is -5.41. The van der Waals surface area contributed by atoms with Crippen molar-refractivity contribution in [3.8, 4) is 6.07 Å². The first-order chi connectivity index (χ1) is 21.2. The summed E-state index contributed by atoms with van der Waals surface area (Å²) in [4.78, 5) is 7.77. The fourth-order valence-electron chi connectivity index (χ4n) is 4.92. The number of hydrogen-bond acceptors (Lipinski definition) is 7. The average Bonchev–Trinajstić information content (AvgIpc) is 3.49. The molecular formula is C31H21BClF3N8. The fourth-order valence-corrected chi connectivity index (χ4v) is 5.18. The molecule has 0 bridgehead atoms. The smallest absolute Gasteiger partial charge is 0.249 e. The molecule has 3 aromatic carbocycles. The van der Waals surface area contributed by atoms with Gasteiger partial charge in [-0.05, 0) is 35.4 Å². The zero-order chi connectivity index (χ0) is 30.8. The summed E-state index contributed by atoms with van der Waals surface area (Å²) in [5, 5.41) is 25.8. The van der Waals surface area contributed by atoms with Crippen LogP contribution in [-0.2, 0) is 12.0 Å². The van der Waals surface area contributed by atoms with E-state index in [1.54, 1.807) is 28.9 Å². The zero-order valence-electron chi connectivity index (χ0n) is 23.1. The van der Waals surface area contributed by atoms with Crippen LogP contribution >= 0.6 is 11.6 Å². The summed E-state index contributed by atoms with van der Waals surface area (Å²) in [6.07, 6.45) is 4.26. The molecule has 3 aromatic heterocycles. The molecule has 0 radical (unpaired) electrons. The predicted octanol–water partition coefficient (Wildman–Crippen LogP) is 5.90. The Bertz CT molecular complexity index is 2030. The lowest BCUT2D eigenvalue weighted by atomic mass is 9.69. The Labute approximate surface area is 255 Å². The molecule has 0 spiro atoms. The molecular weight excluding hydrogens is 588 g/mol. The third-order valence-electron chi connectivity index (χ3n) is 7.17. The minimum absolute atomic E-state index is 0.119. The van der Waals surface area contributed by atoms with Gasteiger partial charge in [0.1, 0.15) is 25.4 Å². The molecule has 8 nitrogen and oxygen atoms in total. The molecule has 1 unspecified atom stereocenters. The van der Waals surface area contributed by atoms with Crippen LogP contribution in [0.4, 0.5) is 30.2 Å². The van der Waals surface area contributed by atoms with Gasteiger partial charge < -0.3 is 10.6 Å². The zero-order valence-corrected chi connectivity index (χ0v) is 23.8. The molecule has 6 rings (SSSR count). The second-order valence-corrected chi connectivity index (χ2v) is 10.6. The lowest BCUT2D eigenvalue weighted by Gasteiger charge is -2.31. The van der Waals surface area contributed by atoms with E-state index in [0.29, 0.717) is 34.4 Å². The van der Waals surface area contributed by atoms with Gasteiger partial charge in [0, 0.05) is 23.3 Å². The second-order valence-electron chi connectivity index (χ2n) is 10.2. The number of pyridine rings is 2. The van der Waals surface area contributed by atoms with Gasteiger partial charge in [0.25, 0.3) is 0 Å². The number of fused-ring (bicyclic) bond motifs is 1. The maximum atomic E-state index is 14.0. The van der Waals surface area contributed by atoms with E-state index >= 15 is 0 Å². The van der Waals surface area contributed by atoms with Crippen LogP contribution in [0, 0.1) is 28.9 Å². The van der Waals surface area contributed by atoms with Gasteiger partial charge in [-0.15, -0.1) is 5.10 Å². The number of aromatic nitrogens is 5. The highest BCUT2D eigenvalue weighted by Crippen LogP contribution is 2.37. The third-order valence-corrected chi connectivity index (χ3v) is 7.45. The van der Waals surface area contributed by atoms with Gasteiger partial charge in [0.05, 0.1) is 51.9 Å². The van der Waals surface area contributed by atoms with Gasteiger partial charge in [-0.3, -0.25) is 4.98 Å². The van der Waals surface area contributed by atoms with E-state index in [1.807, 2.05) is 44.4 Å². The van der Waals surface area contributed by atoms with E-state index in [9.17, 15) is 18.4 Å². The minimum Gasteiger partial charge on any atom is -0.378 e. The highest BCUT2D eigenvalue weighted by atomic mass is 35.5. The highest BCUT2D eigenvalue weighted by molar-refractivity contribution is 6.36. The molecule has 0 fully saturated rings. The van der Waals surface area contributed by atoms with E-state index in [2.05, 4.69) is 37.0 Å². The average molecular weight is 609 g/mol. The Kier molecular flexibility index (Phi) is 7.63. The normalized spacial score (nSPS) is 12.4.